The van der Waals surface area contributed by atoms with Crippen molar-refractivity contribution in [1.29, 1.82) is 0 Å². The van der Waals surface area contributed by atoms with Crippen LogP contribution in [-0.2, 0) is 6.42 Å². The van der Waals surface area contributed by atoms with Crippen LogP contribution in [0.5, 0.6) is 0 Å². The first-order chi connectivity index (χ1) is 8.59. The first kappa shape index (κ1) is 16.7. The second-order valence-corrected chi connectivity index (χ2v) is 8.90. The van der Waals surface area contributed by atoms with Crippen molar-refractivity contribution in [2.45, 2.75) is 73.3 Å². The van der Waals surface area contributed by atoms with E-state index in [1.165, 1.54) is 29.7 Å². The fourth-order valence-corrected chi connectivity index (χ4v) is 3.34. The minimum atomic E-state index is 0.234. The van der Waals surface area contributed by atoms with Crippen molar-refractivity contribution in [2.24, 2.45) is 5.41 Å². The molecular weight excluding hydrogens is 250 g/mol. The molecule has 0 bridgehead atoms. The number of nitrogens with one attached hydrogen (secondary N) is 1. The molecule has 0 aliphatic rings. The fourth-order valence-electron chi connectivity index (χ4n) is 2.29. The van der Waals surface area contributed by atoms with Crippen LogP contribution in [0, 0.1) is 19.3 Å². The molecule has 0 saturated heterocycles. The second kappa shape index (κ2) is 6.41. The Morgan fingerprint density at radius 2 is 1.68 bits per heavy atom. The summed E-state index contributed by atoms with van der Waals surface area (Å²) in [5, 5.41) is 3.59. The van der Waals surface area contributed by atoms with Gasteiger partial charge in [-0.1, -0.05) is 13.8 Å². The molecule has 110 valence electrons. The predicted octanol–water partition coefficient (Wildman–Crippen LogP) is 5.10. The lowest BCUT2D eigenvalue weighted by molar-refractivity contribution is 0.285. The zero-order valence-corrected chi connectivity index (χ0v) is 14.6. The Labute approximate surface area is 123 Å². The fraction of sp³-hybridized carbons (Fsp3) is 0.765. The summed E-state index contributed by atoms with van der Waals surface area (Å²) in [5.41, 5.74) is 2.13. The Bertz CT molecular complexity index is 396. The molecule has 0 amide bonds. The van der Waals surface area contributed by atoms with Gasteiger partial charge in [-0.3, -0.25) is 0 Å². The third-order valence-electron chi connectivity index (χ3n) is 3.63. The second-order valence-electron chi connectivity index (χ2n) is 7.55. The first-order valence-electron chi connectivity index (χ1n) is 7.40. The molecule has 0 radical (unpaired) electrons. The molecule has 0 atom stereocenters. The van der Waals surface area contributed by atoms with Gasteiger partial charge in [0.1, 0.15) is 0 Å². The van der Waals surface area contributed by atoms with Gasteiger partial charge in [0.05, 0.1) is 0 Å². The highest BCUT2D eigenvalue weighted by Crippen LogP contribution is 2.30. The summed E-state index contributed by atoms with van der Waals surface area (Å²) >= 11 is 1.97. The van der Waals surface area contributed by atoms with Crippen LogP contribution in [-0.4, -0.2) is 12.1 Å². The summed E-state index contributed by atoms with van der Waals surface area (Å²) in [4.78, 5) is 3.02. The Balaban J connectivity index is 2.40. The molecule has 19 heavy (non-hydrogen) atoms. The summed E-state index contributed by atoms with van der Waals surface area (Å²) in [5.74, 6) is 0. The van der Waals surface area contributed by atoms with Gasteiger partial charge in [-0.2, -0.15) is 0 Å². The third-order valence-corrected chi connectivity index (χ3v) is 4.84. The van der Waals surface area contributed by atoms with E-state index in [1.54, 1.807) is 4.88 Å². The van der Waals surface area contributed by atoms with E-state index in [9.17, 15) is 0 Å². The highest BCUT2D eigenvalue weighted by molar-refractivity contribution is 7.12. The molecule has 1 aromatic heterocycles. The van der Waals surface area contributed by atoms with Gasteiger partial charge in [0.25, 0.3) is 0 Å². The van der Waals surface area contributed by atoms with Gasteiger partial charge in [-0.15, -0.1) is 11.3 Å². The van der Waals surface area contributed by atoms with E-state index in [-0.39, 0.29) is 5.54 Å². The Hall–Kier alpha value is -0.340. The smallest absolute Gasteiger partial charge is 0.00965 e. The molecule has 0 unspecified atom stereocenters. The van der Waals surface area contributed by atoms with E-state index < -0.39 is 0 Å². The SMILES string of the molecule is Cc1cc(C)c(CCC(C)(C)CCNC(C)(C)C)s1. The van der Waals surface area contributed by atoms with Gasteiger partial charge in [-0.25, -0.2) is 0 Å². The van der Waals surface area contributed by atoms with E-state index in [4.69, 9.17) is 0 Å². The highest BCUT2D eigenvalue weighted by atomic mass is 32.1. The van der Waals surface area contributed by atoms with Crippen LogP contribution in [0.2, 0.25) is 0 Å². The van der Waals surface area contributed by atoms with Gasteiger partial charge in [-0.05, 0) is 77.5 Å². The van der Waals surface area contributed by atoms with Crippen LogP contribution in [0.15, 0.2) is 6.07 Å². The average Bonchev–Trinajstić information content (AvgIpc) is 2.52. The molecule has 1 heterocycles. The van der Waals surface area contributed by atoms with Gasteiger partial charge in [0.2, 0.25) is 0 Å². The predicted molar refractivity (Wildman–Crippen MR) is 88.3 cm³/mol. The minimum Gasteiger partial charge on any atom is -0.312 e. The number of hydrogen-bond donors (Lipinski definition) is 1. The molecule has 1 aromatic rings. The molecule has 2 heteroatoms. The molecule has 0 aliphatic heterocycles. The van der Waals surface area contributed by atoms with Crippen molar-refractivity contribution in [3.8, 4) is 0 Å². The van der Waals surface area contributed by atoms with Crippen molar-refractivity contribution < 1.29 is 0 Å². The standard InChI is InChI=1S/C17H31NS/c1-13-12-14(2)19-15(13)8-9-17(6,7)10-11-18-16(3,4)5/h12,18H,8-11H2,1-7H3. The topological polar surface area (TPSA) is 12.0 Å². The lowest BCUT2D eigenvalue weighted by Crippen LogP contribution is -2.38. The first-order valence-corrected chi connectivity index (χ1v) is 8.22. The van der Waals surface area contributed by atoms with Crippen LogP contribution in [0.1, 0.15) is 62.8 Å². The Morgan fingerprint density at radius 3 is 2.16 bits per heavy atom. The summed E-state index contributed by atoms with van der Waals surface area (Å²) in [6.07, 6.45) is 3.75. The van der Waals surface area contributed by atoms with Crippen molar-refractivity contribution in [1.82, 2.24) is 5.32 Å². The largest absolute Gasteiger partial charge is 0.312 e. The molecule has 0 saturated carbocycles. The van der Waals surface area contributed by atoms with Crippen LogP contribution in [0.25, 0.3) is 0 Å². The summed E-state index contributed by atoms with van der Waals surface area (Å²) in [7, 11) is 0. The maximum Gasteiger partial charge on any atom is 0.00965 e. The van der Waals surface area contributed by atoms with Gasteiger partial charge < -0.3 is 5.32 Å². The summed E-state index contributed by atoms with van der Waals surface area (Å²) in [6, 6.07) is 2.31. The number of thiophene rings is 1. The van der Waals surface area contributed by atoms with E-state index in [0.29, 0.717) is 5.41 Å². The van der Waals surface area contributed by atoms with Gasteiger partial charge in [0, 0.05) is 15.3 Å². The third kappa shape index (κ3) is 6.58. The molecule has 0 spiro atoms. The van der Waals surface area contributed by atoms with E-state index in [2.05, 4.69) is 59.8 Å². The van der Waals surface area contributed by atoms with Gasteiger partial charge >= 0.3 is 0 Å². The normalized spacial score (nSPS) is 13.0. The summed E-state index contributed by atoms with van der Waals surface area (Å²) < 4.78 is 0. The molecule has 1 rings (SSSR count). The number of rotatable bonds is 6. The van der Waals surface area contributed by atoms with Crippen LogP contribution in [0.4, 0.5) is 0 Å². The quantitative estimate of drug-likeness (QED) is 0.764. The van der Waals surface area contributed by atoms with Crippen LogP contribution >= 0.6 is 11.3 Å². The average molecular weight is 282 g/mol. The lowest BCUT2D eigenvalue weighted by atomic mass is 9.83. The molecular formula is C17H31NS. The maximum atomic E-state index is 3.59. The minimum absolute atomic E-state index is 0.234. The van der Waals surface area contributed by atoms with Crippen LogP contribution < -0.4 is 5.32 Å². The van der Waals surface area contributed by atoms with Crippen molar-refractivity contribution in [3.63, 3.8) is 0 Å². The van der Waals surface area contributed by atoms with E-state index >= 15 is 0 Å². The number of hydrogen-bond acceptors (Lipinski definition) is 2. The maximum absolute atomic E-state index is 3.59. The van der Waals surface area contributed by atoms with Crippen molar-refractivity contribution in [2.75, 3.05) is 6.54 Å². The molecule has 1 nitrogen and oxygen atoms in total. The summed E-state index contributed by atoms with van der Waals surface area (Å²) in [6.45, 7) is 17.1. The van der Waals surface area contributed by atoms with E-state index in [1.807, 2.05) is 11.3 Å². The molecule has 0 fully saturated rings. The molecule has 0 aliphatic carbocycles. The Kier molecular flexibility index (Phi) is 5.64. The van der Waals surface area contributed by atoms with E-state index in [0.717, 1.165) is 6.54 Å². The lowest BCUT2D eigenvalue weighted by Gasteiger charge is -2.28. The highest BCUT2D eigenvalue weighted by Gasteiger charge is 2.19. The van der Waals surface area contributed by atoms with Crippen LogP contribution in [0.3, 0.4) is 0 Å². The Morgan fingerprint density at radius 1 is 1.05 bits per heavy atom. The van der Waals surface area contributed by atoms with Gasteiger partial charge in [0.15, 0.2) is 0 Å². The van der Waals surface area contributed by atoms with Crippen molar-refractivity contribution >= 4 is 11.3 Å². The zero-order chi connectivity index (χ0) is 14.7. The monoisotopic (exact) mass is 281 g/mol. The zero-order valence-electron chi connectivity index (χ0n) is 13.8. The molecule has 0 aromatic carbocycles. The van der Waals surface area contributed by atoms with Crippen molar-refractivity contribution in [3.05, 3.63) is 21.4 Å². The molecule has 1 N–H and O–H groups in total. The number of aryl methyl sites for hydroxylation is 3.